The van der Waals surface area contributed by atoms with Crippen LogP contribution in [-0.2, 0) is 10.0 Å². The van der Waals surface area contributed by atoms with Crippen molar-refractivity contribution in [1.82, 2.24) is 14.4 Å². The molecule has 3 aromatic heterocycles. The van der Waals surface area contributed by atoms with Crippen molar-refractivity contribution in [3.63, 3.8) is 0 Å². The molecule has 0 saturated heterocycles. The standard InChI is InChI=1S/C13H9ClN4O2S2/c14-11-12(18-6-7-21-13(18)16-11)22(19,20)17-9-3-1-2-8-4-5-15-10(8)9/h1-7,15,17H. The number of aromatic amines is 1. The topological polar surface area (TPSA) is 79.3 Å². The van der Waals surface area contributed by atoms with Crippen LogP contribution in [0.25, 0.3) is 15.9 Å². The van der Waals surface area contributed by atoms with Crippen LogP contribution in [-0.4, -0.2) is 22.8 Å². The summed E-state index contributed by atoms with van der Waals surface area (Å²) in [6, 6.07) is 7.24. The summed E-state index contributed by atoms with van der Waals surface area (Å²) in [7, 11) is -3.86. The van der Waals surface area contributed by atoms with E-state index >= 15 is 0 Å². The molecule has 0 amide bonds. The monoisotopic (exact) mass is 352 g/mol. The Kier molecular flexibility index (Phi) is 2.93. The van der Waals surface area contributed by atoms with Gasteiger partial charge in [0.2, 0.25) is 0 Å². The van der Waals surface area contributed by atoms with E-state index < -0.39 is 10.0 Å². The number of hydrogen-bond donors (Lipinski definition) is 2. The number of thiazole rings is 1. The zero-order chi connectivity index (χ0) is 15.3. The van der Waals surface area contributed by atoms with Crippen LogP contribution in [0, 0.1) is 0 Å². The molecule has 0 unspecified atom stereocenters. The number of nitrogens with one attached hydrogen (secondary N) is 2. The molecule has 4 aromatic rings. The van der Waals surface area contributed by atoms with Crippen molar-refractivity contribution in [2.24, 2.45) is 0 Å². The van der Waals surface area contributed by atoms with Gasteiger partial charge in [0.25, 0.3) is 10.0 Å². The molecule has 0 atom stereocenters. The molecule has 6 nitrogen and oxygen atoms in total. The first-order valence-electron chi connectivity index (χ1n) is 6.26. The summed E-state index contributed by atoms with van der Waals surface area (Å²) in [5.41, 5.74) is 1.18. The molecular formula is C13H9ClN4O2S2. The Morgan fingerprint density at radius 3 is 3.05 bits per heavy atom. The minimum Gasteiger partial charge on any atom is -0.359 e. The van der Waals surface area contributed by atoms with Gasteiger partial charge in [-0.15, -0.1) is 11.3 Å². The summed E-state index contributed by atoms with van der Waals surface area (Å²) < 4.78 is 29.4. The van der Waals surface area contributed by atoms with E-state index in [-0.39, 0.29) is 10.2 Å². The molecule has 0 radical (unpaired) electrons. The van der Waals surface area contributed by atoms with E-state index in [1.807, 2.05) is 12.1 Å². The number of sulfonamides is 1. The molecule has 1 aromatic carbocycles. The number of halogens is 1. The first-order chi connectivity index (χ1) is 10.6. The van der Waals surface area contributed by atoms with E-state index in [4.69, 9.17) is 11.6 Å². The Labute approximate surface area is 134 Å². The van der Waals surface area contributed by atoms with Crippen LogP contribution in [0.15, 0.2) is 47.1 Å². The third-order valence-electron chi connectivity index (χ3n) is 3.26. The number of H-pyrrole nitrogens is 1. The van der Waals surface area contributed by atoms with Gasteiger partial charge in [-0.3, -0.25) is 9.12 Å². The minimum atomic E-state index is -3.86. The molecule has 4 rings (SSSR count). The molecule has 0 spiro atoms. The molecular weight excluding hydrogens is 344 g/mol. The highest BCUT2D eigenvalue weighted by Gasteiger charge is 2.25. The molecule has 0 fully saturated rings. The van der Waals surface area contributed by atoms with E-state index in [2.05, 4.69) is 14.7 Å². The van der Waals surface area contributed by atoms with Gasteiger partial charge in [0.15, 0.2) is 15.1 Å². The fraction of sp³-hybridized carbons (Fsp3) is 0. The largest absolute Gasteiger partial charge is 0.359 e. The predicted molar refractivity (Wildman–Crippen MR) is 87.2 cm³/mol. The van der Waals surface area contributed by atoms with Gasteiger partial charge in [0, 0.05) is 23.2 Å². The Morgan fingerprint density at radius 2 is 2.18 bits per heavy atom. The van der Waals surface area contributed by atoms with Gasteiger partial charge in [-0.05, 0) is 12.1 Å². The fourth-order valence-corrected chi connectivity index (χ4v) is 4.87. The lowest BCUT2D eigenvalue weighted by molar-refractivity contribution is 0.597. The number of anilines is 1. The summed E-state index contributed by atoms with van der Waals surface area (Å²) in [4.78, 5) is 7.61. The van der Waals surface area contributed by atoms with Gasteiger partial charge >= 0.3 is 0 Å². The molecule has 0 aliphatic heterocycles. The first-order valence-corrected chi connectivity index (χ1v) is 9.00. The molecule has 9 heteroatoms. The van der Waals surface area contributed by atoms with Gasteiger partial charge in [-0.1, -0.05) is 23.7 Å². The maximum absolute atomic E-state index is 12.7. The maximum atomic E-state index is 12.7. The van der Waals surface area contributed by atoms with Crippen molar-refractivity contribution in [3.05, 3.63) is 47.2 Å². The van der Waals surface area contributed by atoms with Crippen molar-refractivity contribution >= 4 is 54.5 Å². The summed E-state index contributed by atoms with van der Waals surface area (Å²) in [5.74, 6) is 0. The van der Waals surface area contributed by atoms with Crippen molar-refractivity contribution in [1.29, 1.82) is 0 Å². The third-order valence-corrected chi connectivity index (χ3v) is 5.78. The summed E-state index contributed by atoms with van der Waals surface area (Å²) in [6.45, 7) is 0. The third kappa shape index (κ3) is 1.99. The highest BCUT2D eigenvalue weighted by Crippen LogP contribution is 2.29. The van der Waals surface area contributed by atoms with Crippen LogP contribution < -0.4 is 4.72 Å². The Balaban J connectivity index is 1.86. The van der Waals surface area contributed by atoms with E-state index in [1.54, 1.807) is 29.9 Å². The number of benzene rings is 1. The SMILES string of the molecule is O=S(=O)(Nc1cccc2cc[nH]c12)c1c(Cl)nc2sccn12. The fourth-order valence-electron chi connectivity index (χ4n) is 2.34. The average Bonchev–Trinajstić information content (AvgIpc) is 3.12. The van der Waals surface area contributed by atoms with Crippen LogP contribution in [0.1, 0.15) is 0 Å². The molecule has 22 heavy (non-hydrogen) atoms. The lowest BCUT2D eigenvalue weighted by Crippen LogP contribution is -2.15. The second kappa shape index (κ2) is 4.73. The molecule has 0 saturated carbocycles. The first kappa shape index (κ1) is 13.6. The normalized spacial score (nSPS) is 12.2. The van der Waals surface area contributed by atoms with E-state index in [1.165, 1.54) is 15.7 Å². The summed E-state index contributed by atoms with van der Waals surface area (Å²) in [6.07, 6.45) is 3.38. The average molecular weight is 353 g/mol. The van der Waals surface area contributed by atoms with Crippen LogP contribution in [0.5, 0.6) is 0 Å². The molecule has 0 bridgehead atoms. The van der Waals surface area contributed by atoms with E-state index in [0.717, 1.165) is 5.39 Å². The number of rotatable bonds is 3. The lowest BCUT2D eigenvalue weighted by atomic mass is 10.2. The van der Waals surface area contributed by atoms with Gasteiger partial charge in [0.05, 0.1) is 11.2 Å². The van der Waals surface area contributed by atoms with Crippen molar-refractivity contribution in [2.75, 3.05) is 4.72 Å². The Hall–Kier alpha value is -2.03. The number of para-hydroxylation sites is 1. The predicted octanol–water partition coefficient (Wildman–Crippen LogP) is 3.33. The number of hydrogen-bond acceptors (Lipinski definition) is 4. The summed E-state index contributed by atoms with van der Waals surface area (Å²) in [5, 5.41) is 2.57. The number of aromatic nitrogens is 3. The molecule has 2 N–H and O–H groups in total. The van der Waals surface area contributed by atoms with Crippen LogP contribution in [0.3, 0.4) is 0 Å². The van der Waals surface area contributed by atoms with Gasteiger partial charge in [-0.2, -0.15) is 8.42 Å². The highest BCUT2D eigenvalue weighted by atomic mass is 35.5. The van der Waals surface area contributed by atoms with E-state index in [0.29, 0.717) is 16.2 Å². The Morgan fingerprint density at radius 1 is 1.32 bits per heavy atom. The number of imidazole rings is 1. The zero-order valence-corrected chi connectivity index (χ0v) is 13.3. The van der Waals surface area contributed by atoms with Crippen LogP contribution >= 0.6 is 22.9 Å². The molecule has 112 valence electrons. The van der Waals surface area contributed by atoms with Crippen molar-refractivity contribution < 1.29 is 8.42 Å². The maximum Gasteiger partial charge on any atom is 0.281 e. The smallest absolute Gasteiger partial charge is 0.281 e. The van der Waals surface area contributed by atoms with Crippen LogP contribution in [0.2, 0.25) is 5.15 Å². The van der Waals surface area contributed by atoms with Crippen molar-refractivity contribution in [2.45, 2.75) is 5.03 Å². The number of fused-ring (bicyclic) bond motifs is 2. The van der Waals surface area contributed by atoms with Gasteiger partial charge in [0.1, 0.15) is 0 Å². The van der Waals surface area contributed by atoms with Gasteiger partial charge < -0.3 is 4.98 Å². The molecule has 3 heterocycles. The van der Waals surface area contributed by atoms with Crippen LogP contribution in [0.4, 0.5) is 5.69 Å². The quantitative estimate of drug-likeness (QED) is 0.593. The van der Waals surface area contributed by atoms with E-state index in [9.17, 15) is 8.42 Å². The highest BCUT2D eigenvalue weighted by molar-refractivity contribution is 7.92. The molecule has 0 aliphatic carbocycles. The summed E-state index contributed by atoms with van der Waals surface area (Å²) >= 11 is 7.32. The second-order valence-corrected chi connectivity index (χ2v) is 7.45. The Bertz CT molecular complexity index is 1090. The lowest BCUT2D eigenvalue weighted by Gasteiger charge is -2.08. The second-order valence-electron chi connectivity index (χ2n) is 4.62. The minimum absolute atomic E-state index is 0.0435. The molecule has 0 aliphatic rings. The number of nitrogens with zero attached hydrogens (tertiary/aromatic N) is 2. The van der Waals surface area contributed by atoms with Gasteiger partial charge in [-0.25, -0.2) is 4.98 Å². The van der Waals surface area contributed by atoms with Crippen molar-refractivity contribution in [3.8, 4) is 0 Å². The zero-order valence-electron chi connectivity index (χ0n) is 10.9.